The van der Waals surface area contributed by atoms with Gasteiger partial charge >= 0.3 is 0 Å². The minimum Gasteiger partial charge on any atom is -0.361 e. The van der Waals surface area contributed by atoms with E-state index >= 15 is 0 Å². The van der Waals surface area contributed by atoms with Gasteiger partial charge in [0.1, 0.15) is 0 Å². The SMILES string of the molecule is CN=C(NCCCc1c[nH]c2ccccc12)N(C)Cc1cc(Cl)cn1C. The van der Waals surface area contributed by atoms with Crippen molar-refractivity contribution in [2.75, 3.05) is 20.6 Å². The second-order valence-electron chi connectivity index (χ2n) is 6.55. The van der Waals surface area contributed by atoms with Gasteiger partial charge in [0, 0.05) is 56.7 Å². The van der Waals surface area contributed by atoms with Gasteiger partial charge in [-0.25, -0.2) is 0 Å². The lowest BCUT2D eigenvalue weighted by atomic mass is 10.1. The fraction of sp³-hybridized carbons (Fsp3) is 0.350. The average molecular weight is 372 g/mol. The number of aromatic nitrogens is 2. The van der Waals surface area contributed by atoms with Crippen LogP contribution in [0, 0.1) is 0 Å². The van der Waals surface area contributed by atoms with E-state index < -0.39 is 0 Å². The molecule has 2 heterocycles. The zero-order chi connectivity index (χ0) is 18.5. The average Bonchev–Trinajstić information content (AvgIpc) is 3.17. The highest BCUT2D eigenvalue weighted by Crippen LogP contribution is 2.18. The maximum absolute atomic E-state index is 6.07. The van der Waals surface area contributed by atoms with Crippen LogP contribution in [0.1, 0.15) is 17.7 Å². The number of halogens is 1. The van der Waals surface area contributed by atoms with Crippen molar-refractivity contribution in [2.24, 2.45) is 12.0 Å². The van der Waals surface area contributed by atoms with Crippen molar-refractivity contribution in [2.45, 2.75) is 19.4 Å². The number of rotatable bonds is 6. The molecule has 26 heavy (non-hydrogen) atoms. The highest BCUT2D eigenvalue weighted by Gasteiger charge is 2.10. The molecule has 0 unspecified atom stereocenters. The van der Waals surface area contributed by atoms with Crippen LogP contribution in [0.2, 0.25) is 5.02 Å². The van der Waals surface area contributed by atoms with Gasteiger partial charge in [0.2, 0.25) is 0 Å². The fourth-order valence-corrected chi connectivity index (χ4v) is 3.52. The Labute approximate surface area is 159 Å². The van der Waals surface area contributed by atoms with E-state index in [1.165, 1.54) is 16.5 Å². The van der Waals surface area contributed by atoms with Crippen LogP contribution in [0.4, 0.5) is 0 Å². The quantitative estimate of drug-likeness (QED) is 0.393. The highest BCUT2D eigenvalue weighted by atomic mass is 35.5. The van der Waals surface area contributed by atoms with Gasteiger partial charge in [0.05, 0.1) is 11.6 Å². The Bertz CT molecular complexity index is 893. The van der Waals surface area contributed by atoms with E-state index in [-0.39, 0.29) is 0 Å². The molecule has 3 rings (SSSR count). The Morgan fingerprint density at radius 1 is 1.35 bits per heavy atom. The molecular formula is C20H26ClN5. The van der Waals surface area contributed by atoms with Gasteiger partial charge in [-0.2, -0.15) is 0 Å². The van der Waals surface area contributed by atoms with Crippen LogP contribution in [0.3, 0.4) is 0 Å². The summed E-state index contributed by atoms with van der Waals surface area (Å²) in [7, 11) is 5.86. The number of nitrogens with zero attached hydrogens (tertiary/aromatic N) is 3. The number of aryl methyl sites for hydroxylation is 2. The topological polar surface area (TPSA) is 48.4 Å². The molecule has 0 amide bonds. The number of aromatic amines is 1. The lowest BCUT2D eigenvalue weighted by Crippen LogP contribution is -2.39. The van der Waals surface area contributed by atoms with E-state index in [1.807, 2.05) is 38.0 Å². The summed E-state index contributed by atoms with van der Waals surface area (Å²) >= 11 is 6.07. The first-order valence-corrected chi connectivity index (χ1v) is 9.24. The van der Waals surface area contributed by atoms with Crippen LogP contribution in [-0.2, 0) is 20.0 Å². The molecule has 0 bridgehead atoms. The monoisotopic (exact) mass is 371 g/mol. The zero-order valence-electron chi connectivity index (χ0n) is 15.6. The summed E-state index contributed by atoms with van der Waals surface area (Å²) in [5.74, 6) is 0.890. The molecule has 0 atom stereocenters. The lowest BCUT2D eigenvalue weighted by Gasteiger charge is -2.22. The molecule has 0 aliphatic carbocycles. The molecule has 0 saturated heterocycles. The second-order valence-corrected chi connectivity index (χ2v) is 6.99. The first kappa shape index (κ1) is 18.4. The number of H-pyrrole nitrogens is 1. The van der Waals surface area contributed by atoms with E-state index in [0.29, 0.717) is 0 Å². The fourth-order valence-electron chi connectivity index (χ4n) is 3.24. The van der Waals surface area contributed by atoms with Gasteiger partial charge in [0.15, 0.2) is 5.96 Å². The number of para-hydroxylation sites is 1. The van der Waals surface area contributed by atoms with E-state index in [0.717, 1.165) is 42.6 Å². The number of guanidine groups is 1. The van der Waals surface area contributed by atoms with Crippen molar-refractivity contribution in [1.29, 1.82) is 0 Å². The molecule has 5 nitrogen and oxygen atoms in total. The summed E-state index contributed by atoms with van der Waals surface area (Å²) in [6, 6.07) is 10.4. The standard InChI is InChI=1S/C20H26ClN5/c1-22-20(26(3)14-17-11-16(21)13-25(17)2)23-10-6-7-15-12-24-19-9-5-4-8-18(15)19/h4-5,8-9,11-13,24H,6-7,10,14H2,1-3H3,(H,22,23). The molecule has 2 N–H and O–H groups in total. The Morgan fingerprint density at radius 2 is 2.15 bits per heavy atom. The Kier molecular flexibility index (Phi) is 5.89. The Morgan fingerprint density at radius 3 is 2.88 bits per heavy atom. The van der Waals surface area contributed by atoms with Crippen molar-refractivity contribution >= 4 is 28.5 Å². The molecule has 6 heteroatoms. The van der Waals surface area contributed by atoms with Crippen LogP contribution in [0.25, 0.3) is 10.9 Å². The van der Waals surface area contributed by atoms with Crippen LogP contribution in [0.15, 0.2) is 47.7 Å². The van der Waals surface area contributed by atoms with Gasteiger partial charge < -0.3 is 19.8 Å². The number of benzene rings is 1. The van der Waals surface area contributed by atoms with Crippen LogP contribution >= 0.6 is 11.6 Å². The minimum absolute atomic E-state index is 0.755. The Balaban J connectivity index is 1.50. The molecule has 0 radical (unpaired) electrons. The largest absolute Gasteiger partial charge is 0.361 e. The first-order valence-electron chi connectivity index (χ1n) is 8.86. The van der Waals surface area contributed by atoms with E-state index in [9.17, 15) is 0 Å². The third-order valence-electron chi connectivity index (χ3n) is 4.63. The van der Waals surface area contributed by atoms with Crippen molar-refractivity contribution in [1.82, 2.24) is 19.8 Å². The summed E-state index contributed by atoms with van der Waals surface area (Å²) in [5.41, 5.74) is 3.72. The molecule has 1 aromatic carbocycles. The van der Waals surface area contributed by atoms with Crippen molar-refractivity contribution in [3.05, 3.63) is 59.0 Å². The molecule has 0 fully saturated rings. The highest BCUT2D eigenvalue weighted by molar-refractivity contribution is 6.30. The number of aliphatic imine (C=N–C) groups is 1. The molecule has 0 aliphatic heterocycles. The smallest absolute Gasteiger partial charge is 0.193 e. The van der Waals surface area contributed by atoms with Crippen molar-refractivity contribution in [3.8, 4) is 0 Å². The first-order chi connectivity index (χ1) is 12.6. The zero-order valence-corrected chi connectivity index (χ0v) is 16.3. The molecule has 0 saturated carbocycles. The molecular weight excluding hydrogens is 346 g/mol. The maximum Gasteiger partial charge on any atom is 0.193 e. The normalized spacial score (nSPS) is 11.9. The lowest BCUT2D eigenvalue weighted by molar-refractivity contribution is 0.461. The van der Waals surface area contributed by atoms with E-state index in [1.54, 1.807) is 0 Å². The number of hydrogen-bond donors (Lipinski definition) is 2. The van der Waals surface area contributed by atoms with Crippen molar-refractivity contribution < 1.29 is 0 Å². The summed E-state index contributed by atoms with van der Waals surface area (Å²) in [4.78, 5) is 9.83. The molecule has 138 valence electrons. The Hall–Kier alpha value is -2.40. The van der Waals surface area contributed by atoms with Gasteiger partial charge in [-0.15, -0.1) is 0 Å². The van der Waals surface area contributed by atoms with E-state index in [4.69, 9.17) is 11.6 Å². The van der Waals surface area contributed by atoms with E-state index in [2.05, 4.69) is 50.7 Å². The third kappa shape index (κ3) is 4.22. The minimum atomic E-state index is 0.755. The van der Waals surface area contributed by atoms with Crippen LogP contribution in [0.5, 0.6) is 0 Å². The van der Waals surface area contributed by atoms with Gasteiger partial charge in [0.25, 0.3) is 0 Å². The molecule has 3 aromatic rings. The maximum atomic E-state index is 6.07. The summed E-state index contributed by atoms with van der Waals surface area (Å²) < 4.78 is 2.04. The summed E-state index contributed by atoms with van der Waals surface area (Å²) in [5, 5.41) is 5.53. The predicted octanol–water partition coefficient (Wildman–Crippen LogP) is 3.80. The number of nitrogens with one attached hydrogen (secondary N) is 2. The molecule has 2 aromatic heterocycles. The predicted molar refractivity (Wildman–Crippen MR) is 110 cm³/mol. The van der Waals surface area contributed by atoms with Gasteiger partial charge in [-0.1, -0.05) is 29.8 Å². The summed E-state index contributed by atoms with van der Waals surface area (Å²) in [6.45, 7) is 1.63. The van der Waals surface area contributed by atoms with Gasteiger partial charge in [-0.3, -0.25) is 4.99 Å². The molecule has 0 aliphatic rings. The number of hydrogen-bond acceptors (Lipinski definition) is 1. The summed E-state index contributed by atoms with van der Waals surface area (Å²) in [6.07, 6.45) is 6.11. The van der Waals surface area contributed by atoms with Crippen LogP contribution in [-0.4, -0.2) is 41.1 Å². The molecule has 0 spiro atoms. The van der Waals surface area contributed by atoms with Crippen molar-refractivity contribution in [3.63, 3.8) is 0 Å². The number of fused-ring (bicyclic) bond motifs is 1. The second kappa shape index (κ2) is 8.32. The third-order valence-corrected chi connectivity index (χ3v) is 4.83. The van der Waals surface area contributed by atoms with Gasteiger partial charge in [-0.05, 0) is 30.5 Å². The van der Waals surface area contributed by atoms with Crippen LogP contribution < -0.4 is 5.32 Å².